The second-order valence-corrected chi connectivity index (χ2v) is 5.85. The highest BCUT2D eigenvalue weighted by Gasteiger charge is 2.14. The van der Waals surface area contributed by atoms with E-state index >= 15 is 0 Å². The van der Waals surface area contributed by atoms with Crippen LogP contribution in [0.1, 0.15) is 16.8 Å². The summed E-state index contributed by atoms with van der Waals surface area (Å²) in [4.78, 5) is 18.5. The number of nitrogens with zero attached hydrogens (tertiary/aromatic N) is 2. The van der Waals surface area contributed by atoms with E-state index in [4.69, 9.17) is 0 Å². The maximum atomic E-state index is 13.7. The number of hydrogen-bond acceptors (Lipinski definition) is 4. The van der Waals surface area contributed by atoms with Crippen molar-refractivity contribution in [3.63, 3.8) is 0 Å². The Bertz CT molecular complexity index is 809. The molecule has 7 heteroatoms. The van der Waals surface area contributed by atoms with Gasteiger partial charge < -0.3 is 15.5 Å². The van der Waals surface area contributed by atoms with Gasteiger partial charge in [-0.25, -0.2) is 13.8 Å². The molecule has 2 heterocycles. The Labute approximate surface area is 144 Å². The lowest BCUT2D eigenvalue weighted by Gasteiger charge is -2.25. The fourth-order valence-electron chi connectivity index (χ4n) is 2.52. The molecule has 1 amide bonds. The van der Waals surface area contributed by atoms with Crippen LogP contribution >= 0.6 is 0 Å². The van der Waals surface area contributed by atoms with Crippen molar-refractivity contribution in [3.8, 4) is 0 Å². The monoisotopic (exact) mass is 344 g/mol. The van der Waals surface area contributed by atoms with Gasteiger partial charge in [0.25, 0.3) is 5.91 Å². The molecule has 2 N–H and O–H groups in total. The van der Waals surface area contributed by atoms with E-state index in [1.165, 1.54) is 0 Å². The molecule has 2 aromatic rings. The molecular formula is C18H18F2N4O. The van der Waals surface area contributed by atoms with E-state index in [1.807, 2.05) is 19.3 Å². The molecule has 0 bridgehead atoms. The molecule has 1 atom stereocenters. The molecule has 1 aromatic heterocycles. The van der Waals surface area contributed by atoms with E-state index in [1.54, 1.807) is 18.2 Å². The number of aromatic nitrogens is 1. The first-order chi connectivity index (χ1) is 12.0. The van der Waals surface area contributed by atoms with Gasteiger partial charge >= 0.3 is 0 Å². The van der Waals surface area contributed by atoms with Crippen molar-refractivity contribution in [1.29, 1.82) is 0 Å². The van der Waals surface area contributed by atoms with Gasteiger partial charge in [-0.1, -0.05) is 6.07 Å². The van der Waals surface area contributed by atoms with Gasteiger partial charge in [0.1, 0.15) is 23.3 Å². The Kier molecular flexibility index (Phi) is 4.92. The summed E-state index contributed by atoms with van der Waals surface area (Å²) in [5.41, 5.74) is -0.236. The average molecular weight is 344 g/mol. The van der Waals surface area contributed by atoms with E-state index in [9.17, 15) is 13.6 Å². The van der Waals surface area contributed by atoms with Crippen molar-refractivity contribution < 1.29 is 13.6 Å². The Morgan fingerprint density at radius 1 is 1.24 bits per heavy atom. The molecule has 130 valence electrons. The molecule has 0 saturated carbocycles. The number of anilines is 2. The zero-order valence-corrected chi connectivity index (χ0v) is 13.7. The smallest absolute Gasteiger partial charge is 0.259 e. The first-order valence-electron chi connectivity index (χ1n) is 7.90. The minimum Gasteiger partial charge on any atom is -0.381 e. The number of halogens is 2. The van der Waals surface area contributed by atoms with E-state index in [0.717, 1.165) is 25.1 Å². The van der Waals surface area contributed by atoms with Crippen LogP contribution in [0.15, 0.2) is 48.7 Å². The van der Waals surface area contributed by atoms with Crippen molar-refractivity contribution in [2.24, 2.45) is 0 Å². The molecular weight excluding hydrogens is 326 g/mol. The molecule has 1 aliphatic heterocycles. The van der Waals surface area contributed by atoms with Crippen LogP contribution in [0.25, 0.3) is 0 Å². The van der Waals surface area contributed by atoms with E-state index in [0.29, 0.717) is 11.9 Å². The maximum absolute atomic E-state index is 13.7. The van der Waals surface area contributed by atoms with Crippen molar-refractivity contribution in [2.75, 3.05) is 24.2 Å². The predicted octanol–water partition coefficient (Wildman–Crippen LogP) is 3.24. The van der Waals surface area contributed by atoms with Gasteiger partial charge in [-0.3, -0.25) is 4.79 Å². The SMILES string of the molecule is CN1C=CC(Nc2cccc(NC(=O)c3ccc(F)cc3F)n2)CC1. The van der Waals surface area contributed by atoms with Crippen LogP contribution in [0.2, 0.25) is 0 Å². The number of pyridine rings is 1. The molecule has 5 nitrogen and oxygen atoms in total. The van der Waals surface area contributed by atoms with Crippen molar-refractivity contribution in [2.45, 2.75) is 12.5 Å². The quantitative estimate of drug-likeness (QED) is 0.894. The van der Waals surface area contributed by atoms with Crippen molar-refractivity contribution in [3.05, 3.63) is 65.9 Å². The van der Waals surface area contributed by atoms with Crippen LogP contribution in [0.5, 0.6) is 0 Å². The Hall–Kier alpha value is -2.96. The number of amides is 1. The number of nitrogens with one attached hydrogen (secondary N) is 2. The van der Waals surface area contributed by atoms with Crippen LogP contribution in [0.4, 0.5) is 20.4 Å². The largest absolute Gasteiger partial charge is 0.381 e. The van der Waals surface area contributed by atoms with Crippen molar-refractivity contribution in [1.82, 2.24) is 9.88 Å². The van der Waals surface area contributed by atoms with Gasteiger partial charge in [0.15, 0.2) is 0 Å². The summed E-state index contributed by atoms with van der Waals surface area (Å²) in [7, 11) is 2.01. The van der Waals surface area contributed by atoms with Gasteiger partial charge in [-0.15, -0.1) is 0 Å². The summed E-state index contributed by atoms with van der Waals surface area (Å²) in [5.74, 6) is -1.43. The van der Waals surface area contributed by atoms with E-state index in [2.05, 4.69) is 20.5 Å². The molecule has 1 aliphatic rings. The topological polar surface area (TPSA) is 57.3 Å². The minimum atomic E-state index is -0.914. The van der Waals surface area contributed by atoms with Gasteiger partial charge in [0, 0.05) is 25.7 Å². The van der Waals surface area contributed by atoms with Crippen LogP contribution in [-0.2, 0) is 0 Å². The molecule has 1 aromatic carbocycles. The van der Waals surface area contributed by atoms with Gasteiger partial charge in [-0.2, -0.15) is 0 Å². The average Bonchev–Trinajstić information content (AvgIpc) is 2.57. The molecule has 0 spiro atoms. The third kappa shape index (κ3) is 4.32. The minimum absolute atomic E-state index is 0.157. The standard InChI is InChI=1S/C18H18F2N4O/c1-24-9-7-13(8-10-24)21-16-3-2-4-17(22-16)23-18(25)14-6-5-12(19)11-15(14)20/h2-7,9,11,13H,8,10H2,1H3,(H2,21,22,23,25). The summed E-state index contributed by atoms with van der Waals surface area (Å²) < 4.78 is 26.6. The molecule has 25 heavy (non-hydrogen) atoms. The first-order valence-corrected chi connectivity index (χ1v) is 7.90. The molecule has 1 unspecified atom stereocenters. The lowest BCUT2D eigenvalue weighted by molar-refractivity contribution is 0.102. The number of hydrogen-bond donors (Lipinski definition) is 2. The number of benzene rings is 1. The van der Waals surface area contributed by atoms with Crippen LogP contribution in [-0.4, -0.2) is 35.4 Å². The first kappa shape index (κ1) is 16.9. The zero-order valence-electron chi connectivity index (χ0n) is 13.7. The highest BCUT2D eigenvalue weighted by atomic mass is 19.1. The molecule has 3 rings (SSSR count). The van der Waals surface area contributed by atoms with Gasteiger partial charge in [0.05, 0.1) is 5.56 Å². The number of carbonyl (C=O) groups excluding carboxylic acids is 1. The van der Waals surface area contributed by atoms with E-state index in [-0.39, 0.29) is 17.4 Å². The zero-order chi connectivity index (χ0) is 17.8. The molecule has 0 saturated heterocycles. The summed E-state index contributed by atoms with van der Waals surface area (Å²) in [5, 5.41) is 5.80. The van der Waals surface area contributed by atoms with E-state index < -0.39 is 17.5 Å². The summed E-state index contributed by atoms with van der Waals surface area (Å²) in [6.07, 6.45) is 4.99. The summed E-state index contributed by atoms with van der Waals surface area (Å²) in [6.45, 7) is 0.939. The number of carbonyl (C=O) groups is 1. The summed E-state index contributed by atoms with van der Waals surface area (Å²) in [6, 6.07) is 8.11. The fourth-order valence-corrected chi connectivity index (χ4v) is 2.52. The third-order valence-electron chi connectivity index (χ3n) is 3.87. The summed E-state index contributed by atoms with van der Waals surface area (Å²) >= 11 is 0. The molecule has 0 radical (unpaired) electrons. The Morgan fingerprint density at radius 3 is 2.76 bits per heavy atom. The Balaban J connectivity index is 1.69. The second-order valence-electron chi connectivity index (χ2n) is 5.85. The second kappa shape index (κ2) is 7.29. The maximum Gasteiger partial charge on any atom is 0.259 e. The Morgan fingerprint density at radius 2 is 2.04 bits per heavy atom. The molecule has 0 fully saturated rings. The third-order valence-corrected chi connectivity index (χ3v) is 3.87. The van der Waals surface area contributed by atoms with Crippen LogP contribution in [0.3, 0.4) is 0 Å². The van der Waals surface area contributed by atoms with Crippen LogP contribution in [0, 0.1) is 11.6 Å². The van der Waals surface area contributed by atoms with Gasteiger partial charge in [-0.05, 0) is 43.0 Å². The normalized spacial score (nSPS) is 16.6. The van der Waals surface area contributed by atoms with Gasteiger partial charge in [0.2, 0.25) is 0 Å². The van der Waals surface area contributed by atoms with Crippen molar-refractivity contribution >= 4 is 17.5 Å². The predicted molar refractivity (Wildman–Crippen MR) is 92.3 cm³/mol. The number of rotatable bonds is 4. The van der Waals surface area contributed by atoms with Crippen LogP contribution < -0.4 is 10.6 Å². The molecule has 0 aliphatic carbocycles. The highest BCUT2D eigenvalue weighted by Crippen LogP contribution is 2.16. The lowest BCUT2D eigenvalue weighted by atomic mass is 10.1. The highest BCUT2D eigenvalue weighted by molar-refractivity contribution is 6.04. The fraction of sp³-hybridized carbons (Fsp3) is 0.222. The lowest BCUT2D eigenvalue weighted by Crippen LogP contribution is -2.28.